The Labute approximate surface area is 171 Å². The minimum atomic E-state index is -0.204. The molecule has 0 bridgehead atoms. The highest BCUT2D eigenvalue weighted by Gasteiger charge is 2.22. The molecule has 1 heterocycles. The van der Waals surface area contributed by atoms with Crippen molar-refractivity contribution >= 4 is 22.7 Å². The summed E-state index contributed by atoms with van der Waals surface area (Å²) in [6, 6.07) is 14.4. The summed E-state index contributed by atoms with van der Waals surface area (Å²) in [5, 5.41) is 0. The Morgan fingerprint density at radius 2 is 1.86 bits per heavy atom. The van der Waals surface area contributed by atoms with Gasteiger partial charge in [0.1, 0.15) is 12.3 Å². The Bertz CT molecular complexity index is 995. The van der Waals surface area contributed by atoms with Gasteiger partial charge in [0.05, 0.1) is 18.1 Å². The van der Waals surface area contributed by atoms with Crippen LogP contribution < -0.4 is 4.74 Å². The molecular weight excluding hydrogens is 366 g/mol. The highest BCUT2D eigenvalue weighted by Crippen LogP contribution is 2.24. The third-order valence-electron chi connectivity index (χ3n) is 5.00. The van der Waals surface area contributed by atoms with Gasteiger partial charge in [0.15, 0.2) is 5.82 Å². The third-order valence-corrected chi connectivity index (χ3v) is 5.00. The number of methoxy groups -OCH3 is 1. The fourth-order valence-electron chi connectivity index (χ4n) is 3.32. The maximum Gasteiger partial charge on any atom is 0.242 e. The minimum Gasteiger partial charge on any atom is -0.497 e. The van der Waals surface area contributed by atoms with Crippen molar-refractivity contribution in [2.24, 2.45) is 0 Å². The van der Waals surface area contributed by atoms with Gasteiger partial charge >= 0.3 is 0 Å². The van der Waals surface area contributed by atoms with E-state index in [0.29, 0.717) is 35.4 Å². The number of ketones is 1. The second-order valence-electron chi connectivity index (χ2n) is 6.90. The number of carbonyl (C=O) groups is 2. The molecule has 1 aromatic heterocycles. The molecule has 152 valence electrons. The summed E-state index contributed by atoms with van der Waals surface area (Å²) in [5.41, 5.74) is 1.92. The van der Waals surface area contributed by atoms with Gasteiger partial charge in [-0.1, -0.05) is 43.7 Å². The molecule has 0 aliphatic carbocycles. The fourth-order valence-corrected chi connectivity index (χ4v) is 3.32. The van der Waals surface area contributed by atoms with Crippen LogP contribution in [0.5, 0.6) is 5.75 Å². The van der Waals surface area contributed by atoms with Gasteiger partial charge in [-0.05, 0) is 25.5 Å². The van der Waals surface area contributed by atoms with Crippen LogP contribution in [0.25, 0.3) is 11.0 Å². The Hall–Kier alpha value is -3.15. The van der Waals surface area contributed by atoms with Crippen LogP contribution in [-0.4, -0.2) is 46.3 Å². The molecule has 0 fully saturated rings. The number of carbonyl (C=O) groups excluding carboxylic acids is 2. The van der Waals surface area contributed by atoms with E-state index in [1.807, 2.05) is 42.2 Å². The monoisotopic (exact) mass is 393 g/mol. The van der Waals surface area contributed by atoms with Crippen LogP contribution in [0.15, 0.2) is 48.5 Å². The molecule has 0 aliphatic heterocycles. The number of likely N-dealkylation sites (N-methyl/N-ethyl adjacent to an activating group) is 1. The van der Waals surface area contributed by atoms with Gasteiger partial charge in [-0.15, -0.1) is 0 Å². The van der Waals surface area contributed by atoms with E-state index < -0.39 is 0 Å². The van der Waals surface area contributed by atoms with Crippen LogP contribution in [-0.2, 0) is 11.3 Å². The Balaban J connectivity index is 2.04. The summed E-state index contributed by atoms with van der Waals surface area (Å²) in [5.74, 6) is 0.692. The summed E-state index contributed by atoms with van der Waals surface area (Å²) in [7, 11) is 1.59. The molecule has 0 saturated carbocycles. The van der Waals surface area contributed by atoms with E-state index in [9.17, 15) is 9.59 Å². The van der Waals surface area contributed by atoms with Gasteiger partial charge in [-0.2, -0.15) is 0 Å². The normalized spacial score (nSPS) is 10.9. The first-order valence-electron chi connectivity index (χ1n) is 10.0. The Morgan fingerprint density at radius 1 is 1.10 bits per heavy atom. The molecule has 0 saturated heterocycles. The number of benzene rings is 2. The van der Waals surface area contributed by atoms with E-state index in [-0.39, 0.29) is 24.1 Å². The third kappa shape index (κ3) is 4.47. The molecule has 3 aromatic rings. The number of nitrogens with zero attached hydrogens (tertiary/aromatic N) is 3. The first-order chi connectivity index (χ1) is 14.1. The van der Waals surface area contributed by atoms with E-state index in [0.717, 1.165) is 12.8 Å². The van der Waals surface area contributed by atoms with Crippen molar-refractivity contribution in [3.63, 3.8) is 0 Å². The van der Waals surface area contributed by atoms with Crippen LogP contribution in [0.1, 0.15) is 42.9 Å². The highest BCUT2D eigenvalue weighted by molar-refractivity contribution is 6.08. The van der Waals surface area contributed by atoms with E-state index in [4.69, 9.17) is 4.74 Å². The molecule has 0 spiro atoms. The van der Waals surface area contributed by atoms with Gasteiger partial charge in [0.25, 0.3) is 0 Å². The van der Waals surface area contributed by atoms with E-state index in [1.165, 1.54) is 0 Å². The zero-order valence-electron chi connectivity index (χ0n) is 17.2. The topological polar surface area (TPSA) is 64.4 Å². The second-order valence-corrected chi connectivity index (χ2v) is 6.90. The minimum absolute atomic E-state index is 0.0230. The smallest absolute Gasteiger partial charge is 0.242 e. The molecule has 0 N–H and O–H groups in total. The quantitative estimate of drug-likeness (QED) is 0.517. The molecule has 0 aliphatic rings. The van der Waals surface area contributed by atoms with Crippen molar-refractivity contribution in [1.82, 2.24) is 14.5 Å². The van der Waals surface area contributed by atoms with Crippen molar-refractivity contribution in [2.75, 3.05) is 20.2 Å². The molecule has 0 atom stereocenters. The van der Waals surface area contributed by atoms with E-state index >= 15 is 0 Å². The molecule has 29 heavy (non-hydrogen) atoms. The lowest BCUT2D eigenvalue weighted by Gasteiger charge is -2.21. The molecular formula is C23H27N3O3. The van der Waals surface area contributed by atoms with Gasteiger partial charge in [0, 0.05) is 24.7 Å². The number of imidazole rings is 1. The fraction of sp³-hybridized carbons (Fsp3) is 0.348. The van der Waals surface area contributed by atoms with Crippen LogP contribution in [0.4, 0.5) is 0 Å². The first-order valence-corrected chi connectivity index (χ1v) is 10.0. The number of fused-ring (bicyclic) bond motifs is 1. The van der Waals surface area contributed by atoms with Crippen molar-refractivity contribution in [3.8, 4) is 5.75 Å². The number of hydrogen-bond donors (Lipinski definition) is 0. The molecule has 3 rings (SSSR count). The molecule has 0 radical (unpaired) electrons. The van der Waals surface area contributed by atoms with Crippen molar-refractivity contribution < 1.29 is 14.3 Å². The molecule has 2 aromatic carbocycles. The second kappa shape index (κ2) is 9.37. The van der Waals surface area contributed by atoms with E-state index in [1.54, 1.807) is 29.9 Å². The van der Waals surface area contributed by atoms with Crippen LogP contribution in [0.3, 0.4) is 0 Å². The van der Waals surface area contributed by atoms with E-state index in [2.05, 4.69) is 11.9 Å². The van der Waals surface area contributed by atoms with Crippen LogP contribution in [0, 0.1) is 0 Å². The summed E-state index contributed by atoms with van der Waals surface area (Å²) >= 11 is 0. The SMILES string of the molecule is CCCCN(CC)C(=O)Cn1c(C(=O)c2ccccc2)nc2ccc(OC)cc21. The van der Waals surface area contributed by atoms with Crippen LogP contribution >= 0.6 is 0 Å². The lowest BCUT2D eigenvalue weighted by molar-refractivity contribution is -0.131. The number of aromatic nitrogens is 2. The molecule has 1 amide bonds. The molecule has 6 nitrogen and oxygen atoms in total. The first kappa shape index (κ1) is 20.6. The predicted octanol–water partition coefficient (Wildman–Crippen LogP) is 3.92. The zero-order chi connectivity index (χ0) is 20.8. The summed E-state index contributed by atoms with van der Waals surface area (Å²) in [6.45, 7) is 5.48. The van der Waals surface area contributed by atoms with Gasteiger partial charge in [-0.25, -0.2) is 4.98 Å². The maximum atomic E-state index is 13.1. The molecule has 6 heteroatoms. The standard InChI is InChI=1S/C23H27N3O3/c1-4-6-14-25(5-2)21(27)16-26-20-15-18(29-3)12-13-19(20)24-23(26)22(28)17-10-8-7-9-11-17/h7-13,15H,4-6,14,16H2,1-3H3. The van der Waals surface area contributed by atoms with Gasteiger partial charge < -0.3 is 14.2 Å². The number of ether oxygens (including phenoxy) is 1. The summed E-state index contributed by atoms with van der Waals surface area (Å²) in [4.78, 5) is 32.5. The highest BCUT2D eigenvalue weighted by atomic mass is 16.5. The maximum absolute atomic E-state index is 13.1. The van der Waals surface area contributed by atoms with Gasteiger partial charge in [0.2, 0.25) is 11.7 Å². The van der Waals surface area contributed by atoms with Crippen LogP contribution in [0.2, 0.25) is 0 Å². The summed E-state index contributed by atoms with van der Waals surface area (Å²) in [6.07, 6.45) is 1.97. The average Bonchev–Trinajstić information content (AvgIpc) is 3.11. The Kier molecular flexibility index (Phi) is 6.65. The van der Waals surface area contributed by atoms with Crippen molar-refractivity contribution in [3.05, 3.63) is 59.9 Å². The van der Waals surface area contributed by atoms with Crippen molar-refractivity contribution in [1.29, 1.82) is 0 Å². The number of hydrogen-bond acceptors (Lipinski definition) is 4. The summed E-state index contributed by atoms with van der Waals surface area (Å²) < 4.78 is 7.05. The Morgan fingerprint density at radius 3 is 2.52 bits per heavy atom. The lowest BCUT2D eigenvalue weighted by atomic mass is 10.1. The lowest BCUT2D eigenvalue weighted by Crippen LogP contribution is -2.35. The zero-order valence-corrected chi connectivity index (χ0v) is 17.2. The number of rotatable bonds is 9. The molecule has 0 unspecified atom stereocenters. The number of unbranched alkanes of at least 4 members (excludes halogenated alkanes) is 1. The largest absolute Gasteiger partial charge is 0.497 e. The average molecular weight is 393 g/mol. The van der Waals surface area contributed by atoms with Crippen molar-refractivity contribution in [2.45, 2.75) is 33.2 Å². The predicted molar refractivity (Wildman–Crippen MR) is 113 cm³/mol. The van der Waals surface area contributed by atoms with Gasteiger partial charge in [-0.3, -0.25) is 9.59 Å². The number of amides is 1.